The maximum absolute atomic E-state index is 11.4. The Morgan fingerprint density at radius 1 is 1.24 bits per heavy atom. The molecule has 0 N–H and O–H groups in total. The first-order chi connectivity index (χ1) is 8.02. The molecule has 100 valence electrons. The molecule has 5 heteroatoms. The number of rotatable bonds is 9. The van der Waals surface area contributed by atoms with Crippen LogP contribution in [0.5, 0.6) is 0 Å². The number of carbonyl (C=O) groups excluding carboxylic acids is 1. The Kier molecular flexibility index (Phi) is 9.02. The summed E-state index contributed by atoms with van der Waals surface area (Å²) in [6, 6.07) is 0. The van der Waals surface area contributed by atoms with Crippen molar-refractivity contribution in [1.82, 2.24) is 0 Å². The zero-order valence-corrected chi connectivity index (χ0v) is 12.5. The minimum Gasteiger partial charge on any atom is -0.458 e. The summed E-state index contributed by atoms with van der Waals surface area (Å²) in [5.41, 5.74) is 0.105. The van der Waals surface area contributed by atoms with Gasteiger partial charge in [-0.1, -0.05) is 20.4 Å². The Morgan fingerprint density at radius 2 is 1.71 bits per heavy atom. The number of hydrogen-bond donors (Lipinski definition) is 0. The Labute approximate surface area is 106 Å². The van der Waals surface area contributed by atoms with E-state index < -0.39 is 9.28 Å². The first-order valence-electron chi connectivity index (χ1n) is 6.12. The maximum Gasteiger partial charge on any atom is 0.363 e. The highest BCUT2D eigenvalue weighted by atomic mass is 28.3. The van der Waals surface area contributed by atoms with Gasteiger partial charge >= 0.3 is 15.3 Å². The van der Waals surface area contributed by atoms with Gasteiger partial charge in [-0.3, -0.25) is 0 Å². The number of ether oxygens (including phenoxy) is 1. The predicted octanol–water partition coefficient (Wildman–Crippen LogP) is 2.11. The van der Waals surface area contributed by atoms with Gasteiger partial charge < -0.3 is 13.6 Å². The van der Waals surface area contributed by atoms with E-state index in [4.69, 9.17) is 13.6 Å². The summed E-state index contributed by atoms with van der Waals surface area (Å²) in [7, 11) is -1.94. The van der Waals surface area contributed by atoms with E-state index in [-0.39, 0.29) is 11.7 Å². The Bertz CT molecular complexity index is 235. The molecule has 0 saturated heterocycles. The van der Waals surface area contributed by atoms with Gasteiger partial charge in [0.2, 0.25) is 0 Å². The van der Waals surface area contributed by atoms with Crippen LogP contribution in [0.15, 0.2) is 12.2 Å². The van der Waals surface area contributed by atoms with Crippen molar-refractivity contribution in [3.05, 3.63) is 12.2 Å². The molecular weight excluding hydrogens is 236 g/mol. The third kappa shape index (κ3) is 7.30. The molecule has 0 bridgehead atoms. The third-order valence-corrected chi connectivity index (χ3v) is 4.03. The van der Waals surface area contributed by atoms with Crippen molar-refractivity contribution >= 4 is 15.3 Å². The molecule has 0 rings (SSSR count). The highest BCUT2D eigenvalue weighted by Crippen LogP contribution is 2.06. The summed E-state index contributed by atoms with van der Waals surface area (Å²) in [6.07, 6.45) is 1.86. The molecule has 0 aliphatic rings. The molecule has 0 saturated carbocycles. The zero-order chi connectivity index (χ0) is 13.3. The minimum absolute atomic E-state index is 0.294. The Balaban J connectivity index is 4.24. The highest BCUT2D eigenvalue weighted by molar-refractivity contribution is 6.46. The van der Waals surface area contributed by atoms with Crippen LogP contribution in [0.4, 0.5) is 0 Å². The van der Waals surface area contributed by atoms with Crippen LogP contribution in [-0.4, -0.2) is 34.2 Å². The third-order valence-electron chi connectivity index (χ3n) is 2.00. The van der Waals surface area contributed by atoms with Crippen LogP contribution >= 0.6 is 0 Å². The second kappa shape index (κ2) is 9.38. The number of carbonyl (C=O) groups is 1. The lowest BCUT2D eigenvalue weighted by molar-refractivity contribution is -0.141. The Morgan fingerprint density at radius 3 is 2.06 bits per heavy atom. The van der Waals surface area contributed by atoms with E-state index in [1.807, 2.05) is 20.8 Å². The molecular formula is C12H24O4Si. The van der Waals surface area contributed by atoms with E-state index in [0.717, 1.165) is 12.8 Å². The van der Waals surface area contributed by atoms with Crippen molar-refractivity contribution in [3.8, 4) is 0 Å². The van der Waals surface area contributed by atoms with Crippen LogP contribution < -0.4 is 0 Å². The number of hydrogen-bond acceptors (Lipinski definition) is 4. The van der Waals surface area contributed by atoms with Gasteiger partial charge in [0.25, 0.3) is 0 Å². The summed E-state index contributed by atoms with van der Waals surface area (Å²) < 4.78 is 16.5. The van der Waals surface area contributed by atoms with E-state index in [9.17, 15) is 4.79 Å². The van der Waals surface area contributed by atoms with Crippen molar-refractivity contribution in [3.63, 3.8) is 0 Å². The molecule has 0 fully saturated rings. The summed E-state index contributed by atoms with van der Waals surface area (Å²) in [4.78, 5) is 11.4. The SMILES string of the molecule is C=C(C)C(=O)OC(C)[SiH](OCCC)OCCC. The predicted molar refractivity (Wildman–Crippen MR) is 70.0 cm³/mol. The lowest BCUT2D eigenvalue weighted by Gasteiger charge is -2.22. The maximum atomic E-state index is 11.4. The van der Waals surface area contributed by atoms with Gasteiger partial charge in [-0.05, 0) is 26.7 Å². The van der Waals surface area contributed by atoms with Gasteiger partial charge in [0, 0.05) is 18.8 Å². The molecule has 0 amide bonds. The fourth-order valence-electron chi connectivity index (χ4n) is 1.11. The van der Waals surface area contributed by atoms with E-state index in [2.05, 4.69) is 6.58 Å². The Hall–Kier alpha value is -0.653. The van der Waals surface area contributed by atoms with E-state index in [1.165, 1.54) is 0 Å². The summed E-state index contributed by atoms with van der Waals surface area (Å²) in [5, 5.41) is 0. The van der Waals surface area contributed by atoms with Gasteiger partial charge in [0.15, 0.2) is 0 Å². The van der Waals surface area contributed by atoms with Crippen molar-refractivity contribution in [2.75, 3.05) is 13.2 Å². The first-order valence-corrected chi connectivity index (χ1v) is 7.73. The topological polar surface area (TPSA) is 44.8 Å². The molecule has 1 unspecified atom stereocenters. The molecule has 0 aliphatic heterocycles. The lowest BCUT2D eigenvalue weighted by Crippen LogP contribution is -2.39. The summed E-state index contributed by atoms with van der Waals surface area (Å²) in [5.74, 6) is -0.379. The van der Waals surface area contributed by atoms with E-state index in [1.54, 1.807) is 6.92 Å². The average Bonchev–Trinajstić information content (AvgIpc) is 2.28. The monoisotopic (exact) mass is 260 g/mol. The van der Waals surface area contributed by atoms with Crippen LogP contribution in [0.1, 0.15) is 40.5 Å². The van der Waals surface area contributed by atoms with Gasteiger partial charge in [-0.25, -0.2) is 4.79 Å². The van der Waals surface area contributed by atoms with Crippen LogP contribution in [-0.2, 0) is 18.4 Å². The van der Waals surface area contributed by atoms with Gasteiger partial charge in [-0.15, -0.1) is 0 Å². The lowest BCUT2D eigenvalue weighted by atomic mass is 10.4. The quantitative estimate of drug-likeness (QED) is 0.362. The number of esters is 1. The minimum atomic E-state index is -1.94. The molecule has 0 aromatic carbocycles. The van der Waals surface area contributed by atoms with Crippen LogP contribution in [0.3, 0.4) is 0 Å². The standard InChI is InChI=1S/C12H24O4Si/c1-6-8-14-17(15-9-7-2)11(5)16-12(13)10(3)4/h11,17H,3,6-9H2,1-2,4-5H3. The van der Waals surface area contributed by atoms with Crippen LogP contribution in [0.2, 0.25) is 0 Å². The molecule has 17 heavy (non-hydrogen) atoms. The van der Waals surface area contributed by atoms with E-state index in [0.29, 0.717) is 18.8 Å². The van der Waals surface area contributed by atoms with E-state index >= 15 is 0 Å². The molecule has 0 aromatic rings. The fourth-order valence-corrected chi connectivity index (χ4v) is 2.92. The smallest absolute Gasteiger partial charge is 0.363 e. The summed E-state index contributed by atoms with van der Waals surface area (Å²) >= 11 is 0. The largest absolute Gasteiger partial charge is 0.458 e. The first kappa shape index (κ1) is 16.3. The van der Waals surface area contributed by atoms with Crippen molar-refractivity contribution in [2.45, 2.75) is 46.3 Å². The van der Waals surface area contributed by atoms with Crippen molar-refractivity contribution in [2.24, 2.45) is 0 Å². The molecule has 0 heterocycles. The second-order valence-corrected chi connectivity index (χ2v) is 6.34. The van der Waals surface area contributed by atoms with Crippen LogP contribution in [0, 0.1) is 0 Å². The van der Waals surface area contributed by atoms with Crippen molar-refractivity contribution in [1.29, 1.82) is 0 Å². The normalized spacial score (nSPS) is 12.5. The second-order valence-electron chi connectivity index (χ2n) is 4.00. The molecule has 0 spiro atoms. The zero-order valence-electron chi connectivity index (χ0n) is 11.3. The fraction of sp³-hybridized carbons (Fsp3) is 0.750. The molecule has 0 aliphatic carbocycles. The molecule has 0 aromatic heterocycles. The highest BCUT2D eigenvalue weighted by Gasteiger charge is 2.25. The summed E-state index contributed by atoms with van der Waals surface area (Å²) in [6.45, 7) is 12.4. The molecule has 1 atom stereocenters. The molecule has 4 nitrogen and oxygen atoms in total. The van der Waals surface area contributed by atoms with Crippen molar-refractivity contribution < 1.29 is 18.4 Å². The van der Waals surface area contributed by atoms with Crippen LogP contribution in [0.25, 0.3) is 0 Å². The average molecular weight is 260 g/mol. The van der Waals surface area contributed by atoms with Gasteiger partial charge in [0.05, 0.1) is 0 Å². The van der Waals surface area contributed by atoms with Gasteiger partial charge in [0.1, 0.15) is 5.73 Å². The molecule has 0 radical (unpaired) electrons. The van der Waals surface area contributed by atoms with Gasteiger partial charge in [-0.2, -0.15) is 0 Å².